The number of hydrogen-bond acceptors (Lipinski definition) is 3. The minimum absolute atomic E-state index is 0.00328. The third-order valence-corrected chi connectivity index (χ3v) is 4.36. The fourth-order valence-corrected chi connectivity index (χ4v) is 3.14. The fourth-order valence-electron chi connectivity index (χ4n) is 3.14. The Hall–Kier alpha value is -0.330. The molecular formula is C15H26F3NO2. The molecular weight excluding hydrogens is 283 g/mol. The van der Waals surface area contributed by atoms with Gasteiger partial charge in [0.1, 0.15) is 0 Å². The lowest BCUT2D eigenvalue weighted by molar-refractivity contribution is -0.183. The van der Waals surface area contributed by atoms with Gasteiger partial charge in [0, 0.05) is 19.3 Å². The minimum Gasteiger partial charge on any atom is -0.379 e. The van der Waals surface area contributed by atoms with Crippen molar-refractivity contribution >= 4 is 0 Å². The number of nitrogens with one attached hydrogen (secondary N) is 1. The average Bonchev–Trinajstić information content (AvgIpc) is 2.95. The van der Waals surface area contributed by atoms with Crippen molar-refractivity contribution in [1.82, 2.24) is 5.32 Å². The first-order valence-electron chi connectivity index (χ1n) is 8.05. The molecule has 6 heteroatoms. The molecule has 1 saturated carbocycles. The van der Waals surface area contributed by atoms with Gasteiger partial charge < -0.3 is 14.8 Å². The number of rotatable bonds is 7. The summed E-state index contributed by atoms with van der Waals surface area (Å²) in [5.41, 5.74) is 0. The van der Waals surface area contributed by atoms with Crippen molar-refractivity contribution in [2.24, 2.45) is 5.92 Å². The normalized spacial score (nSPS) is 30.7. The van der Waals surface area contributed by atoms with E-state index in [0.717, 1.165) is 38.8 Å². The second kappa shape index (κ2) is 8.34. The van der Waals surface area contributed by atoms with Gasteiger partial charge in [0.25, 0.3) is 0 Å². The molecule has 3 atom stereocenters. The van der Waals surface area contributed by atoms with Crippen LogP contribution in [-0.2, 0) is 9.47 Å². The van der Waals surface area contributed by atoms with Gasteiger partial charge in [-0.05, 0) is 45.1 Å². The maximum atomic E-state index is 12.7. The zero-order chi connectivity index (χ0) is 15.1. The van der Waals surface area contributed by atoms with Crippen molar-refractivity contribution < 1.29 is 22.6 Å². The lowest BCUT2D eigenvalue weighted by atomic mass is 9.85. The van der Waals surface area contributed by atoms with Gasteiger partial charge in [0.2, 0.25) is 0 Å². The molecule has 124 valence electrons. The monoisotopic (exact) mass is 309 g/mol. The Morgan fingerprint density at radius 1 is 1.14 bits per heavy atom. The summed E-state index contributed by atoms with van der Waals surface area (Å²) in [6, 6.07) is 0.00328. The van der Waals surface area contributed by atoms with Crippen molar-refractivity contribution in [3.05, 3.63) is 0 Å². The average molecular weight is 309 g/mol. The molecule has 2 fully saturated rings. The quantitative estimate of drug-likeness (QED) is 0.732. The molecule has 0 aromatic carbocycles. The van der Waals surface area contributed by atoms with Gasteiger partial charge in [-0.2, -0.15) is 13.2 Å². The molecule has 3 nitrogen and oxygen atoms in total. The molecule has 0 spiro atoms. The van der Waals surface area contributed by atoms with E-state index in [4.69, 9.17) is 9.47 Å². The van der Waals surface area contributed by atoms with E-state index < -0.39 is 12.1 Å². The Labute approximate surface area is 124 Å². The molecule has 1 aliphatic carbocycles. The van der Waals surface area contributed by atoms with Gasteiger partial charge in [-0.15, -0.1) is 0 Å². The topological polar surface area (TPSA) is 30.5 Å². The maximum absolute atomic E-state index is 12.7. The molecule has 1 heterocycles. The summed E-state index contributed by atoms with van der Waals surface area (Å²) in [6.45, 7) is 2.83. The highest BCUT2D eigenvalue weighted by Gasteiger charge is 2.41. The highest BCUT2D eigenvalue weighted by molar-refractivity contribution is 4.81. The molecule has 3 unspecified atom stereocenters. The highest BCUT2D eigenvalue weighted by atomic mass is 19.4. The van der Waals surface area contributed by atoms with Crippen molar-refractivity contribution in [3.63, 3.8) is 0 Å². The number of hydrogen-bond donors (Lipinski definition) is 1. The Bertz CT molecular complexity index is 293. The first kappa shape index (κ1) is 17.0. The lowest BCUT2D eigenvalue weighted by Crippen LogP contribution is -2.39. The predicted molar refractivity (Wildman–Crippen MR) is 74.2 cm³/mol. The largest absolute Gasteiger partial charge is 0.391 e. The van der Waals surface area contributed by atoms with E-state index in [1.54, 1.807) is 0 Å². The SMILES string of the molecule is FC(F)(F)C1CCCC(NCCCOCC2CCCO2)C1. The molecule has 21 heavy (non-hydrogen) atoms. The van der Waals surface area contributed by atoms with Crippen LogP contribution in [0.3, 0.4) is 0 Å². The Kier molecular flexibility index (Phi) is 6.76. The van der Waals surface area contributed by atoms with Crippen molar-refractivity contribution in [2.45, 2.75) is 63.3 Å². The fraction of sp³-hybridized carbons (Fsp3) is 1.00. The first-order valence-corrected chi connectivity index (χ1v) is 8.05. The van der Waals surface area contributed by atoms with E-state index in [-0.39, 0.29) is 25.0 Å². The summed E-state index contributed by atoms with van der Waals surface area (Å²) in [5.74, 6) is -1.13. The summed E-state index contributed by atoms with van der Waals surface area (Å²) >= 11 is 0. The molecule has 0 aromatic heterocycles. The third kappa shape index (κ3) is 6.12. The van der Waals surface area contributed by atoms with Gasteiger partial charge in [-0.1, -0.05) is 6.42 Å². The van der Waals surface area contributed by atoms with Crippen molar-refractivity contribution in [3.8, 4) is 0 Å². The second-order valence-corrected chi connectivity index (χ2v) is 6.12. The lowest BCUT2D eigenvalue weighted by Gasteiger charge is -2.31. The van der Waals surface area contributed by atoms with Gasteiger partial charge in [0.15, 0.2) is 0 Å². The minimum atomic E-state index is -4.04. The molecule has 0 radical (unpaired) electrons. The van der Waals surface area contributed by atoms with Crippen LogP contribution in [0, 0.1) is 5.92 Å². The summed E-state index contributed by atoms with van der Waals surface area (Å²) in [4.78, 5) is 0. The third-order valence-electron chi connectivity index (χ3n) is 4.36. The van der Waals surface area contributed by atoms with Crippen LogP contribution in [0.25, 0.3) is 0 Å². The smallest absolute Gasteiger partial charge is 0.379 e. The van der Waals surface area contributed by atoms with Crippen LogP contribution >= 0.6 is 0 Å². The molecule has 1 N–H and O–H groups in total. The molecule has 0 amide bonds. The van der Waals surface area contributed by atoms with E-state index in [9.17, 15) is 13.2 Å². The summed E-state index contributed by atoms with van der Waals surface area (Å²) < 4.78 is 49.1. The van der Waals surface area contributed by atoms with Crippen LogP contribution in [0.2, 0.25) is 0 Å². The van der Waals surface area contributed by atoms with Gasteiger partial charge >= 0.3 is 6.18 Å². The number of alkyl halides is 3. The summed E-state index contributed by atoms with van der Waals surface area (Å²) in [7, 11) is 0. The zero-order valence-corrected chi connectivity index (χ0v) is 12.5. The van der Waals surface area contributed by atoms with Gasteiger partial charge in [-0.3, -0.25) is 0 Å². The summed E-state index contributed by atoms with van der Waals surface area (Å²) in [6.07, 6.45) is 1.23. The number of ether oxygens (including phenoxy) is 2. The van der Waals surface area contributed by atoms with Crippen LogP contribution in [0.4, 0.5) is 13.2 Å². The van der Waals surface area contributed by atoms with E-state index in [1.807, 2.05) is 0 Å². The molecule has 2 rings (SSSR count). The van der Waals surface area contributed by atoms with E-state index in [1.165, 1.54) is 0 Å². The molecule has 1 aliphatic heterocycles. The second-order valence-electron chi connectivity index (χ2n) is 6.12. The molecule has 0 aromatic rings. The standard InChI is InChI=1S/C15H26F3NO2/c16-15(17,18)12-4-1-5-13(10-12)19-7-3-8-20-11-14-6-2-9-21-14/h12-14,19H,1-11H2. The van der Waals surface area contributed by atoms with E-state index in [0.29, 0.717) is 19.6 Å². The Morgan fingerprint density at radius 2 is 2.00 bits per heavy atom. The van der Waals surface area contributed by atoms with E-state index >= 15 is 0 Å². The van der Waals surface area contributed by atoms with Crippen LogP contribution < -0.4 is 5.32 Å². The van der Waals surface area contributed by atoms with Crippen molar-refractivity contribution in [1.29, 1.82) is 0 Å². The van der Waals surface area contributed by atoms with Crippen LogP contribution in [0.15, 0.2) is 0 Å². The maximum Gasteiger partial charge on any atom is 0.391 e. The highest BCUT2D eigenvalue weighted by Crippen LogP contribution is 2.37. The number of halogens is 3. The van der Waals surface area contributed by atoms with Gasteiger partial charge in [-0.25, -0.2) is 0 Å². The van der Waals surface area contributed by atoms with Gasteiger partial charge in [0.05, 0.1) is 18.6 Å². The predicted octanol–water partition coefficient (Wildman–Crippen LogP) is 3.28. The van der Waals surface area contributed by atoms with Crippen molar-refractivity contribution in [2.75, 3.05) is 26.4 Å². The van der Waals surface area contributed by atoms with Crippen LogP contribution in [0.1, 0.15) is 44.9 Å². The molecule has 1 saturated heterocycles. The summed E-state index contributed by atoms with van der Waals surface area (Å²) in [5, 5.41) is 3.24. The Morgan fingerprint density at radius 3 is 2.71 bits per heavy atom. The Balaban J connectivity index is 1.50. The van der Waals surface area contributed by atoms with E-state index in [2.05, 4.69) is 5.32 Å². The zero-order valence-electron chi connectivity index (χ0n) is 12.5. The van der Waals surface area contributed by atoms with Crippen LogP contribution in [-0.4, -0.2) is 44.7 Å². The molecule has 2 aliphatic rings. The van der Waals surface area contributed by atoms with Crippen LogP contribution in [0.5, 0.6) is 0 Å². The first-order chi connectivity index (χ1) is 10.1. The molecule has 0 bridgehead atoms.